The number of aromatic nitrogens is 1. The lowest BCUT2D eigenvalue weighted by Gasteiger charge is -2.05. The van der Waals surface area contributed by atoms with Crippen LogP contribution in [-0.2, 0) is 6.42 Å². The van der Waals surface area contributed by atoms with Gasteiger partial charge in [0, 0.05) is 6.20 Å². The highest BCUT2D eigenvalue weighted by Gasteiger charge is 2.00. The van der Waals surface area contributed by atoms with Crippen LogP contribution in [0.15, 0.2) is 12.3 Å². The molecule has 0 saturated heterocycles. The maximum absolute atomic E-state index is 5.70. The molecule has 1 aromatic rings. The van der Waals surface area contributed by atoms with Gasteiger partial charge in [0.25, 0.3) is 0 Å². The normalized spacial score (nSPS) is 8.46. The van der Waals surface area contributed by atoms with Crippen LogP contribution in [0.5, 0.6) is 0 Å². The second kappa shape index (κ2) is 6.98. The molecule has 1 rings (SSSR count). The molecular formula is C9H16Cl2N2. The minimum Gasteiger partial charge on any atom is -0.383 e. The zero-order valence-electron chi connectivity index (χ0n) is 7.91. The molecule has 0 bridgehead atoms. The molecule has 4 heteroatoms. The van der Waals surface area contributed by atoms with Crippen LogP contribution >= 0.6 is 24.8 Å². The fraction of sp³-hybridized carbons (Fsp3) is 0.444. The smallest absolute Gasteiger partial charge is 0.126 e. The average molecular weight is 223 g/mol. The van der Waals surface area contributed by atoms with Crippen LogP contribution in [0.4, 0.5) is 5.82 Å². The highest BCUT2D eigenvalue weighted by molar-refractivity contribution is 5.85. The maximum Gasteiger partial charge on any atom is 0.126 e. The molecule has 0 aromatic carbocycles. The minimum absolute atomic E-state index is 0. The van der Waals surface area contributed by atoms with Gasteiger partial charge in [-0.1, -0.05) is 13.3 Å². The van der Waals surface area contributed by atoms with Crippen LogP contribution < -0.4 is 5.73 Å². The van der Waals surface area contributed by atoms with Crippen molar-refractivity contribution in [3.8, 4) is 0 Å². The summed E-state index contributed by atoms with van der Waals surface area (Å²) in [4.78, 5) is 4.04. The Morgan fingerprint density at radius 3 is 2.46 bits per heavy atom. The number of pyridine rings is 1. The van der Waals surface area contributed by atoms with Gasteiger partial charge >= 0.3 is 0 Å². The Bertz CT molecular complexity index is 231. The minimum atomic E-state index is 0. The molecule has 2 N–H and O–H groups in total. The van der Waals surface area contributed by atoms with E-state index in [2.05, 4.69) is 18.8 Å². The number of anilines is 1. The number of hydrogen-bond acceptors (Lipinski definition) is 2. The van der Waals surface area contributed by atoms with E-state index in [9.17, 15) is 0 Å². The Labute approximate surface area is 91.8 Å². The molecule has 0 saturated carbocycles. The number of halogens is 2. The summed E-state index contributed by atoms with van der Waals surface area (Å²) in [6.07, 6.45) is 3.91. The van der Waals surface area contributed by atoms with E-state index in [1.807, 2.05) is 6.07 Å². The molecule has 0 aliphatic heterocycles. The first-order chi connectivity index (χ1) is 5.25. The van der Waals surface area contributed by atoms with Crippen molar-refractivity contribution >= 4 is 30.6 Å². The van der Waals surface area contributed by atoms with Gasteiger partial charge in [0.1, 0.15) is 5.82 Å². The summed E-state index contributed by atoms with van der Waals surface area (Å²) < 4.78 is 0. The quantitative estimate of drug-likeness (QED) is 0.837. The standard InChI is InChI=1S/C9H14N2.2ClH/c1-3-4-8-7(2)5-6-11-9(8)10;;/h5-6H,3-4H2,1-2H3,(H2,10,11);2*1H. The van der Waals surface area contributed by atoms with Gasteiger partial charge in [-0.3, -0.25) is 0 Å². The van der Waals surface area contributed by atoms with E-state index in [0.717, 1.165) is 12.8 Å². The topological polar surface area (TPSA) is 38.9 Å². The number of rotatable bonds is 2. The van der Waals surface area contributed by atoms with Gasteiger partial charge in [0.05, 0.1) is 0 Å². The maximum atomic E-state index is 5.70. The van der Waals surface area contributed by atoms with Crippen molar-refractivity contribution in [1.29, 1.82) is 0 Å². The van der Waals surface area contributed by atoms with Crippen molar-refractivity contribution in [3.63, 3.8) is 0 Å². The fourth-order valence-corrected chi connectivity index (χ4v) is 1.19. The molecule has 76 valence electrons. The van der Waals surface area contributed by atoms with Crippen LogP contribution in [0.3, 0.4) is 0 Å². The predicted octanol–water partition coefficient (Wildman–Crippen LogP) is 2.77. The Kier molecular flexibility index (Phi) is 8.07. The van der Waals surface area contributed by atoms with Gasteiger partial charge in [0.2, 0.25) is 0 Å². The molecule has 1 aromatic heterocycles. The highest BCUT2D eigenvalue weighted by Crippen LogP contribution is 2.14. The monoisotopic (exact) mass is 222 g/mol. The molecule has 0 aliphatic carbocycles. The summed E-state index contributed by atoms with van der Waals surface area (Å²) in [5.41, 5.74) is 8.15. The second-order valence-corrected chi connectivity index (χ2v) is 2.74. The molecule has 0 fully saturated rings. The summed E-state index contributed by atoms with van der Waals surface area (Å²) in [7, 11) is 0. The molecule has 0 aliphatic rings. The molecule has 13 heavy (non-hydrogen) atoms. The van der Waals surface area contributed by atoms with Crippen molar-refractivity contribution in [2.24, 2.45) is 0 Å². The number of nitrogen functional groups attached to an aromatic ring is 1. The van der Waals surface area contributed by atoms with Gasteiger partial charge in [-0.2, -0.15) is 0 Å². The zero-order chi connectivity index (χ0) is 8.27. The zero-order valence-corrected chi connectivity index (χ0v) is 9.54. The lowest BCUT2D eigenvalue weighted by molar-refractivity contribution is 0.908. The third-order valence-electron chi connectivity index (χ3n) is 1.82. The van der Waals surface area contributed by atoms with E-state index in [0.29, 0.717) is 5.82 Å². The summed E-state index contributed by atoms with van der Waals surface area (Å²) >= 11 is 0. The molecule has 0 radical (unpaired) electrons. The number of nitrogens with zero attached hydrogens (tertiary/aromatic N) is 1. The van der Waals surface area contributed by atoms with Crippen molar-refractivity contribution in [2.45, 2.75) is 26.7 Å². The van der Waals surface area contributed by atoms with Crippen LogP contribution in [0.25, 0.3) is 0 Å². The summed E-state index contributed by atoms with van der Waals surface area (Å²) in [6.45, 7) is 4.22. The van der Waals surface area contributed by atoms with Crippen LogP contribution in [0.2, 0.25) is 0 Å². The van der Waals surface area contributed by atoms with Gasteiger partial charge < -0.3 is 5.73 Å². The Morgan fingerprint density at radius 1 is 1.38 bits per heavy atom. The predicted molar refractivity (Wildman–Crippen MR) is 61.9 cm³/mol. The molecule has 2 nitrogen and oxygen atoms in total. The molecule has 0 atom stereocenters. The van der Waals surface area contributed by atoms with E-state index in [1.165, 1.54) is 11.1 Å². The number of hydrogen-bond donors (Lipinski definition) is 1. The average Bonchev–Trinajstić information content (AvgIpc) is 1.97. The Hall–Kier alpha value is -0.470. The van der Waals surface area contributed by atoms with Crippen LogP contribution in [0.1, 0.15) is 24.5 Å². The lowest BCUT2D eigenvalue weighted by atomic mass is 10.1. The molecule has 0 unspecified atom stereocenters. The summed E-state index contributed by atoms with van der Waals surface area (Å²) in [6, 6.07) is 2.00. The van der Waals surface area contributed by atoms with Gasteiger partial charge in [0.15, 0.2) is 0 Å². The largest absolute Gasteiger partial charge is 0.383 e. The van der Waals surface area contributed by atoms with Gasteiger partial charge in [-0.15, -0.1) is 24.8 Å². The van der Waals surface area contributed by atoms with Crippen molar-refractivity contribution < 1.29 is 0 Å². The third-order valence-corrected chi connectivity index (χ3v) is 1.82. The number of aryl methyl sites for hydroxylation is 1. The molecular weight excluding hydrogens is 207 g/mol. The van der Waals surface area contributed by atoms with E-state index in [1.54, 1.807) is 6.20 Å². The van der Waals surface area contributed by atoms with E-state index in [4.69, 9.17) is 5.73 Å². The molecule has 1 heterocycles. The van der Waals surface area contributed by atoms with Gasteiger partial charge in [-0.25, -0.2) is 4.98 Å². The fourth-order valence-electron chi connectivity index (χ4n) is 1.19. The van der Waals surface area contributed by atoms with Crippen molar-refractivity contribution in [1.82, 2.24) is 4.98 Å². The first-order valence-corrected chi connectivity index (χ1v) is 3.95. The van der Waals surface area contributed by atoms with Crippen LogP contribution in [-0.4, -0.2) is 4.98 Å². The van der Waals surface area contributed by atoms with Crippen molar-refractivity contribution in [3.05, 3.63) is 23.4 Å². The first kappa shape index (κ1) is 15.0. The molecule has 0 amide bonds. The summed E-state index contributed by atoms with van der Waals surface area (Å²) in [5.74, 6) is 0.687. The number of nitrogens with two attached hydrogens (primary N) is 1. The second-order valence-electron chi connectivity index (χ2n) is 2.74. The van der Waals surface area contributed by atoms with Crippen LogP contribution in [0, 0.1) is 6.92 Å². The highest BCUT2D eigenvalue weighted by atomic mass is 35.5. The Balaban J connectivity index is 0. The van der Waals surface area contributed by atoms with E-state index < -0.39 is 0 Å². The Morgan fingerprint density at radius 2 is 2.00 bits per heavy atom. The SMILES string of the molecule is CCCc1c(C)ccnc1N.Cl.Cl. The molecule has 0 spiro atoms. The van der Waals surface area contributed by atoms with Crippen molar-refractivity contribution in [2.75, 3.05) is 5.73 Å². The van der Waals surface area contributed by atoms with Gasteiger partial charge in [-0.05, 0) is 30.5 Å². The van der Waals surface area contributed by atoms with E-state index in [-0.39, 0.29) is 24.8 Å². The lowest BCUT2D eigenvalue weighted by Crippen LogP contribution is -1.99. The van der Waals surface area contributed by atoms with E-state index >= 15 is 0 Å². The third kappa shape index (κ3) is 3.83. The summed E-state index contributed by atoms with van der Waals surface area (Å²) in [5, 5.41) is 0. The first-order valence-electron chi connectivity index (χ1n) is 3.95.